The summed E-state index contributed by atoms with van der Waals surface area (Å²) in [6.07, 6.45) is 0.894. The van der Waals surface area contributed by atoms with Crippen LogP contribution in [-0.4, -0.2) is 4.57 Å². The van der Waals surface area contributed by atoms with Gasteiger partial charge in [0.05, 0.1) is 4.47 Å². The molecule has 0 aliphatic carbocycles. The summed E-state index contributed by atoms with van der Waals surface area (Å²) < 4.78 is 2.33. The summed E-state index contributed by atoms with van der Waals surface area (Å²) in [7, 11) is 1.80. The van der Waals surface area contributed by atoms with Gasteiger partial charge in [0, 0.05) is 12.7 Å². The quantitative estimate of drug-likeness (QED) is 0.723. The van der Waals surface area contributed by atoms with Crippen molar-refractivity contribution in [1.82, 2.24) is 4.57 Å². The van der Waals surface area contributed by atoms with Crippen LogP contribution in [0.1, 0.15) is 18.2 Å². The minimum absolute atomic E-state index is 0.0393. The van der Waals surface area contributed by atoms with Crippen LogP contribution in [0.2, 0.25) is 0 Å². The van der Waals surface area contributed by atoms with Crippen LogP contribution in [0.4, 0.5) is 0 Å². The highest BCUT2D eigenvalue weighted by Gasteiger charge is 2.05. The average molecular weight is 230 g/mol. The van der Waals surface area contributed by atoms with E-state index in [1.54, 1.807) is 11.6 Å². The second kappa shape index (κ2) is 3.44. The van der Waals surface area contributed by atoms with Crippen LogP contribution in [-0.2, 0) is 13.5 Å². The third kappa shape index (κ3) is 1.46. The lowest BCUT2D eigenvalue weighted by atomic mass is 10.2. The SMILES string of the molecule is CCc1c(C)cc(Br)c(=O)n1C. The molecular formula is C9H12BrNO. The zero-order chi connectivity index (χ0) is 9.30. The molecule has 1 heterocycles. The molecule has 2 nitrogen and oxygen atoms in total. The summed E-state index contributed by atoms with van der Waals surface area (Å²) in [5, 5.41) is 0. The van der Waals surface area contributed by atoms with Gasteiger partial charge in [-0.1, -0.05) is 6.92 Å². The van der Waals surface area contributed by atoms with E-state index in [1.807, 2.05) is 13.0 Å². The van der Waals surface area contributed by atoms with Gasteiger partial charge in [0.1, 0.15) is 0 Å². The molecule has 1 aromatic heterocycles. The summed E-state index contributed by atoms with van der Waals surface area (Å²) in [4.78, 5) is 11.4. The molecule has 0 atom stereocenters. The Morgan fingerprint density at radius 2 is 2.17 bits per heavy atom. The molecule has 0 saturated heterocycles. The molecule has 66 valence electrons. The molecule has 1 aromatic rings. The predicted octanol–water partition coefficient (Wildman–Crippen LogP) is 2.02. The van der Waals surface area contributed by atoms with Crippen molar-refractivity contribution in [1.29, 1.82) is 0 Å². The lowest BCUT2D eigenvalue weighted by molar-refractivity contribution is 0.767. The normalized spacial score (nSPS) is 10.3. The monoisotopic (exact) mass is 229 g/mol. The zero-order valence-electron chi connectivity index (χ0n) is 7.52. The Kier molecular flexibility index (Phi) is 2.73. The van der Waals surface area contributed by atoms with Gasteiger partial charge in [-0.25, -0.2) is 0 Å². The summed E-state index contributed by atoms with van der Waals surface area (Å²) in [6.45, 7) is 4.07. The fraction of sp³-hybridized carbons (Fsp3) is 0.444. The number of hydrogen-bond acceptors (Lipinski definition) is 1. The third-order valence-corrected chi connectivity index (χ3v) is 2.62. The van der Waals surface area contributed by atoms with Gasteiger partial charge in [0.25, 0.3) is 5.56 Å². The fourth-order valence-electron chi connectivity index (χ4n) is 1.40. The van der Waals surface area contributed by atoms with Crippen LogP contribution in [0.5, 0.6) is 0 Å². The molecule has 0 unspecified atom stereocenters. The van der Waals surface area contributed by atoms with Gasteiger partial charge in [-0.2, -0.15) is 0 Å². The number of aryl methyl sites for hydroxylation is 1. The van der Waals surface area contributed by atoms with Crippen LogP contribution in [0, 0.1) is 6.92 Å². The van der Waals surface area contributed by atoms with Gasteiger partial charge < -0.3 is 4.57 Å². The average Bonchev–Trinajstić information content (AvgIpc) is 2.01. The maximum atomic E-state index is 11.4. The number of rotatable bonds is 1. The first-order valence-electron chi connectivity index (χ1n) is 3.93. The second-order valence-electron chi connectivity index (χ2n) is 2.84. The maximum Gasteiger partial charge on any atom is 0.264 e. The molecule has 0 aromatic carbocycles. The van der Waals surface area contributed by atoms with E-state index in [0.29, 0.717) is 4.47 Å². The number of hydrogen-bond donors (Lipinski definition) is 0. The van der Waals surface area contributed by atoms with Crippen molar-refractivity contribution in [3.05, 3.63) is 32.2 Å². The van der Waals surface area contributed by atoms with Gasteiger partial charge in [-0.3, -0.25) is 4.79 Å². The smallest absolute Gasteiger partial charge is 0.264 e. The highest BCUT2D eigenvalue weighted by molar-refractivity contribution is 9.10. The van der Waals surface area contributed by atoms with Crippen LogP contribution in [0.25, 0.3) is 0 Å². The summed E-state index contributed by atoms with van der Waals surface area (Å²) in [5.74, 6) is 0. The van der Waals surface area contributed by atoms with E-state index in [-0.39, 0.29) is 5.56 Å². The minimum Gasteiger partial charge on any atom is -0.315 e. The van der Waals surface area contributed by atoms with Crippen molar-refractivity contribution >= 4 is 15.9 Å². The second-order valence-corrected chi connectivity index (χ2v) is 3.69. The van der Waals surface area contributed by atoms with E-state index in [0.717, 1.165) is 17.7 Å². The van der Waals surface area contributed by atoms with E-state index in [2.05, 4.69) is 22.9 Å². The molecule has 0 aliphatic rings. The van der Waals surface area contributed by atoms with Gasteiger partial charge in [-0.05, 0) is 40.9 Å². The molecule has 0 aliphatic heterocycles. The van der Waals surface area contributed by atoms with Crippen molar-refractivity contribution in [2.45, 2.75) is 20.3 Å². The van der Waals surface area contributed by atoms with Gasteiger partial charge in [0.2, 0.25) is 0 Å². The number of pyridine rings is 1. The van der Waals surface area contributed by atoms with Gasteiger partial charge in [-0.15, -0.1) is 0 Å². The molecule has 0 radical (unpaired) electrons. The summed E-state index contributed by atoms with van der Waals surface area (Å²) >= 11 is 3.23. The van der Waals surface area contributed by atoms with Crippen LogP contribution in [0.15, 0.2) is 15.3 Å². The van der Waals surface area contributed by atoms with Crippen molar-refractivity contribution in [2.75, 3.05) is 0 Å². The van der Waals surface area contributed by atoms with E-state index < -0.39 is 0 Å². The Bertz CT molecular complexity index is 354. The van der Waals surface area contributed by atoms with Crippen molar-refractivity contribution < 1.29 is 0 Å². The first-order chi connectivity index (χ1) is 5.57. The van der Waals surface area contributed by atoms with Gasteiger partial charge in [0.15, 0.2) is 0 Å². The Balaban J connectivity index is 3.52. The van der Waals surface area contributed by atoms with Gasteiger partial charge >= 0.3 is 0 Å². The van der Waals surface area contributed by atoms with Crippen LogP contribution >= 0.6 is 15.9 Å². The largest absolute Gasteiger partial charge is 0.315 e. The fourth-order valence-corrected chi connectivity index (χ4v) is 2.01. The number of aromatic nitrogens is 1. The van der Waals surface area contributed by atoms with E-state index in [9.17, 15) is 4.79 Å². The molecule has 0 bridgehead atoms. The Morgan fingerprint density at radius 1 is 1.58 bits per heavy atom. The molecule has 0 fully saturated rings. The first-order valence-corrected chi connectivity index (χ1v) is 4.72. The first kappa shape index (κ1) is 9.52. The molecule has 1 rings (SSSR count). The number of halogens is 1. The van der Waals surface area contributed by atoms with E-state index in [1.165, 1.54) is 0 Å². The molecule has 3 heteroatoms. The lowest BCUT2D eigenvalue weighted by Gasteiger charge is -2.09. The third-order valence-electron chi connectivity index (χ3n) is 2.05. The molecular weight excluding hydrogens is 218 g/mol. The molecule has 0 spiro atoms. The zero-order valence-corrected chi connectivity index (χ0v) is 9.10. The maximum absolute atomic E-state index is 11.4. The van der Waals surface area contributed by atoms with Crippen LogP contribution in [0.3, 0.4) is 0 Å². The molecule has 12 heavy (non-hydrogen) atoms. The number of nitrogens with zero attached hydrogens (tertiary/aromatic N) is 1. The Labute approximate surface area is 80.3 Å². The molecule has 0 N–H and O–H groups in total. The highest BCUT2D eigenvalue weighted by Crippen LogP contribution is 2.11. The van der Waals surface area contributed by atoms with E-state index >= 15 is 0 Å². The minimum atomic E-state index is 0.0393. The summed E-state index contributed by atoms with van der Waals surface area (Å²) in [6, 6.07) is 1.88. The lowest BCUT2D eigenvalue weighted by Crippen LogP contribution is -2.21. The van der Waals surface area contributed by atoms with Crippen molar-refractivity contribution in [2.24, 2.45) is 7.05 Å². The van der Waals surface area contributed by atoms with Crippen LogP contribution < -0.4 is 5.56 Å². The van der Waals surface area contributed by atoms with E-state index in [4.69, 9.17) is 0 Å². The van der Waals surface area contributed by atoms with Crippen molar-refractivity contribution in [3.8, 4) is 0 Å². The standard InChI is InChI=1S/C9H12BrNO/c1-4-8-6(2)5-7(10)9(12)11(8)3/h5H,4H2,1-3H3. The Hall–Kier alpha value is -0.570. The topological polar surface area (TPSA) is 22.0 Å². The van der Waals surface area contributed by atoms with Crippen molar-refractivity contribution in [3.63, 3.8) is 0 Å². The molecule has 0 amide bonds. The highest BCUT2D eigenvalue weighted by atomic mass is 79.9. The predicted molar refractivity (Wildman–Crippen MR) is 53.5 cm³/mol. The molecule has 0 saturated carbocycles. The summed E-state index contributed by atoms with van der Waals surface area (Å²) in [5.41, 5.74) is 2.30. The Morgan fingerprint density at radius 3 is 2.67 bits per heavy atom.